The van der Waals surface area contributed by atoms with Crippen LogP contribution in [0.4, 0.5) is 4.39 Å². The Kier molecular flexibility index (Phi) is 7.03. The molecule has 6 heteroatoms. The molecule has 0 N–H and O–H groups in total. The number of ether oxygens (including phenoxy) is 1. The van der Waals surface area contributed by atoms with Gasteiger partial charge in [-0.1, -0.05) is 54.6 Å². The number of fused-ring (bicyclic) bond motifs is 2. The van der Waals surface area contributed by atoms with E-state index in [0.29, 0.717) is 18.9 Å². The first-order valence-electron chi connectivity index (χ1n) is 13.9. The molecule has 1 aliphatic carbocycles. The first-order valence-corrected chi connectivity index (χ1v) is 13.9. The first-order chi connectivity index (χ1) is 19.0. The van der Waals surface area contributed by atoms with E-state index in [1.807, 2.05) is 66.4 Å². The number of hydrogen-bond acceptors (Lipinski definition) is 4. The van der Waals surface area contributed by atoms with Crippen LogP contribution in [0, 0.1) is 35.4 Å². The van der Waals surface area contributed by atoms with Gasteiger partial charge in [-0.15, -0.1) is 0 Å². The minimum Gasteiger partial charge on any atom is -0.462 e. The highest BCUT2D eigenvalue weighted by atomic mass is 19.1. The molecule has 0 bridgehead atoms. The molecule has 3 aliphatic rings. The lowest BCUT2D eigenvalue weighted by atomic mass is 9.59. The SMILES string of the molecule is CC1OC(=O)C2CC3CN(C(=O)Cc4ccccc4)CCC3C(/C=C/c3ccc(-c4cccc(F)c4)cn3)C12. The molecule has 3 fully saturated rings. The highest BCUT2D eigenvalue weighted by Gasteiger charge is 2.54. The van der Waals surface area contributed by atoms with Gasteiger partial charge in [0, 0.05) is 30.8 Å². The number of benzene rings is 2. The molecule has 1 amide bonds. The van der Waals surface area contributed by atoms with Gasteiger partial charge in [-0.05, 0) is 72.9 Å². The number of pyridine rings is 1. The summed E-state index contributed by atoms with van der Waals surface area (Å²) in [5, 5.41) is 0. The predicted octanol–water partition coefficient (Wildman–Crippen LogP) is 5.81. The quantitative estimate of drug-likeness (QED) is 0.396. The fraction of sp³-hybridized carbons (Fsp3) is 0.364. The summed E-state index contributed by atoms with van der Waals surface area (Å²) in [6.07, 6.45) is 8.00. The predicted molar refractivity (Wildman–Crippen MR) is 148 cm³/mol. The van der Waals surface area contributed by atoms with E-state index >= 15 is 0 Å². The van der Waals surface area contributed by atoms with Gasteiger partial charge in [0.1, 0.15) is 11.9 Å². The number of rotatable bonds is 5. The number of nitrogens with zero attached hydrogens (tertiary/aromatic N) is 2. The number of carbonyl (C=O) groups is 2. The Bertz CT molecular complexity index is 1370. The van der Waals surface area contributed by atoms with Gasteiger partial charge in [0.25, 0.3) is 0 Å². The van der Waals surface area contributed by atoms with E-state index in [9.17, 15) is 14.0 Å². The molecule has 3 aromatic rings. The molecule has 1 saturated carbocycles. The van der Waals surface area contributed by atoms with Gasteiger partial charge < -0.3 is 9.64 Å². The van der Waals surface area contributed by atoms with E-state index in [2.05, 4.69) is 11.1 Å². The number of esters is 1. The summed E-state index contributed by atoms with van der Waals surface area (Å²) in [5.74, 6) is 0.590. The molecule has 6 atom stereocenters. The maximum Gasteiger partial charge on any atom is 0.309 e. The molecule has 1 aromatic heterocycles. The molecule has 6 rings (SSSR count). The van der Waals surface area contributed by atoms with Crippen molar-refractivity contribution >= 4 is 18.0 Å². The third kappa shape index (κ3) is 5.25. The van der Waals surface area contributed by atoms with Gasteiger partial charge in [-0.25, -0.2) is 4.39 Å². The zero-order chi connectivity index (χ0) is 26.9. The fourth-order valence-electron chi connectivity index (χ4n) is 7.02. The first kappa shape index (κ1) is 25.5. The summed E-state index contributed by atoms with van der Waals surface area (Å²) in [7, 11) is 0. The second-order valence-electron chi connectivity index (χ2n) is 11.2. The Labute approximate surface area is 228 Å². The van der Waals surface area contributed by atoms with Crippen LogP contribution in [0.3, 0.4) is 0 Å². The van der Waals surface area contributed by atoms with Crippen molar-refractivity contribution in [3.63, 3.8) is 0 Å². The summed E-state index contributed by atoms with van der Waals surface area (Å²) < 4.78 is 19.4. The molecule has 39 heavy (non-hydrogen) atoms. The average molecular weight is 525 g/mol. The molecule has 0 spiro atoms. The van der Waals surface area contributed by atoms with E-state index in [1.54, 1.807) is 12.3 Å². The monoisotopic (exact) mass is 524 g/mol. The number of halogens is 1. The standard InChI is InChI=1S/C33H33FN2O3/c1-21-32-29(13-12-27-11-10-24(19-35-27)23-8-5-9-26(34)17-23)28-14-15-36(20-25(28)18-30(32)33(38)39-21)31(37)16-22-6-3-2-4-7-22/h2-13,17,19,21,25,28-30,32H,14-16,18,20H2,1H3/b13-12+. The van der Waals surface area contributed by atoms with Crippen LogP contribution in [0.5, 0.6) is 0 Å². The van der Waals surface area contributed by atoms with Gasteiger partial charge in [-0.2, -0.15) is 0 Å². The van der Waals surface area contributed by atoms with Crippen LogP contribution in [-0.2, 0) is 20.7 Å². The van der Waals surface area contributed by atoms with Crippen LogP contribution in [0.15, 0.2) is 79.0 Å². The maximum atomic E-state index is 13.6. The minimum absolute atomic E-state index is 0.102. The van der Waals surface area contributed by atoms with Crippen molar-refractivity contribution in [2.75, 3.05) is 13.1 Å². The van der Waals surface area contributed by atoms with Crippen molar-refractivity contribution in [2.24, 2.45) is 29.6 Å². The Balaban J connectivity index is 1.20. The molecule has 0 radical (unpaired) electrons. The number of hydrogen-bond donors (Lipinski definition) is 0. The van der Waals surface area contributed by atoms with Crippen LogP contribution in [0.1, 0.15) is 31.0 Å². The van der Waals surface area contributed by atoms with Crippen LogP contribution >= 0.6 is 0 Å². The van der Waals surface area contributed by atoms with E-state index in [1.165, 1.54) is 12.1 Å². The molecule has 3 heterocycles. The van der Waals surface area contributed by atoms with E-state index in [0.717, 1.165) is 41.8 Å². The lowest BCUT2D eigenvalue weighted by Gasteiger charge is -2.48. The topological polar surface area (TPSA) is 59.5 Å². The summed E-state index contributed by atoms with van der Waals surface area (Å²) in [6.45, 7) is 3.43. The minimum atomic E-state index is -0.270. The third-order valence-corrected chi connectivity index (χ3v) is 8.88. The van der Waals surface area contributed by atoms with Crippen molar-refractivity contribution in [3.8, 4) is 11.1 Å². The van der Waals surface area contributed by atoms with Crippen LogP contribution in [0.2, 0.25) is 0 Å². The van der Waals surface area contributed by atoms with Crippen molar-refractivity contribution in [2.45, 2.75) is 32.3 Å². The number of cyclic esters (lactones) is 1. The third-order valence-electron chi connectivity index (χ3n) is 8.88. The van der Waals surface area contributed by atoms with Crippen molar-refractivity contribution in [3.05, 3.63) is 96.1 Å². The lowest BCUT2D eigenvalue weighted by molar-refractivity contribution is -0.144. The van der Waals surface area contributed by atoms with Crippen LogP contribution < -0.4 is 0 Å². The molecular weight excluding hydrogens is 491 g/mol. The Hall–Kier alpha value is -3.80. The second-order valence-corrected chi connectivity index (χ2v) is 11.2. The molecule has 5 nitrogen and oxygen atoms in total. The number of aromatic nitrogens is 1. The van der Waals surface area contributed by atoms with Crippen LogP contribution in [-0.4, -0.2) is 41.0 Å². The Morgan fingerprint density at radius 2 is 1.95 bits per heavy atom. The maximum absolute atomic E-state index is 13.6. The van der Waals surface area contributed by atoms with Crippen molar-refractivity contribution < 1.29 is 18.7 Å². The molecule has 2 aliphatic heterocycles. The average Bonchev–Trinajstić information content (AvgIpc) is 3.24. The van der Waals surface area contributed by atoms with Gasteiger partial charge in [0.15, 0.2) is 0 Å². The van der Waals surface area contributed by atoms with Crippen molar-refractivity contribution in [1.29, 1.82) is 0 Å². The molecule has 200 valence electrons. The Morgan fingerprint density at radius 3 is 2.72 bits per heavy atom. The normalized spacial score (nSPS) is 28.2. The number of likely N-dealkylation sites (tertiary alicyclic amines) is 1. The summed E-state index contributed by atoms with van der Waals surface area (Å²) in [5.41, 5.74) is 3.50. The van der Waals surface area contributed by atoms with Gasteiger partial charge in [0.2, 0.25) is 5.91 Å². The summed E-state index contributed by atoms with van der Waals surface area (Å²) in [4.78, 5) is 32.5. The highest BCUT2D eigenvalue weighted by Crippen LogP contribution is 2.51. The smallest absolute Gasteiger partial charge is 0.309 e. The Morgan fingerprint density at radius 1 is 1.10 bits per heavy atom. The lowest BCUT2D eigenvalue weighted by Crippen LogP contribution is -2.51. The molecule has 6 unspecified atom stereocenters. The number of amides is 1. The number of allylic oxidation sites excluding steroid dienone is 1. The second kappa shape index (κ2) is 10.8. The van der Waals surface area contributed by atoms with E-state index in [4.69, 9.17) is 4.74 Å². The zero-order valence-corrected chi connectivity index (χ0v) is 22.1. The van der Waals surface area contributed by atoms with Gasteiger partial charge in [0.05, 0.1) is 18.0 Å². The summed E-state index contributed by atoms with van der Waals surface area (Å²) in [6, 6.07) is 20.3. The van der Waals surface area contributed by atoms with Gasteiger partial charge in [-0.3, -0.25) is 14.6 Å². The van der Waals surface area contributed by atoms with E-state index in [-0.39, 0.29) is 47.5 Å². The molecule has 2 saturated heterocycles. The van der Waals surface area contributed by atoms with Gasteiger partial charge >= 0.3 is 5.97 Å². The summed E-state index contributed by atoms with van der Waals surface area (Å²) >= 11 is 0. The van der Waals surface area contributed by atoms with Crippen molar-refractivity contribution in [1.82, 2.24) is 9.88 Å². The number of carbonyl (C=O) groups excluding carboxylic acids is 2. The highest BCUT2D eigenvalue weighted by molar-refractivity contribution is 5.79. The fourth-order valence-corrected chi connectivity index (χ4v) is 7.02. The molecular formula is C33H33FN2O3. The number of piperidine rings is 1. The molecule has 2 aromatic carbocycles. The largest absolute Gasteiger partial charge is 0.462 e. The van der Waals surface area contributed by atoms with Crippen LogP contribution in [0.25, 0.3) is 17.2 Å². The van der Waals surface area contributed by atoms with E-state index < -0.39 is 0 Å². The zero-order valence-electron chi connectivity index (χ0n) is 22.1.